The average Bonchev–Trinajstić information content (AvgIpc) is 2.61. The van der Waals surface area contributed by atoms with Gasteiger partial charge in [0.1, 0.15) is 0 Å². The van der Waals surface area contributed by atoms with Gasteiger partial charge < -0.3 is 0 Å². The Labute approximate surface area is 106 Å². The van der Waals surface area contributed by atoms with E-state index in [4.69, 9.17) is 11.6 Å². The van der Waals surface area contributed by atoms with Gasteiger partial charge in [0.05, 0.1) is 5.38 Å². The molecule has 0 aliphatic heterocycles. The lowest BCUT2D eigenvalue weighted by molar-refractivity contribution is 0.939. The molecule has 2 aromatic rings. The van der Waals surface area contributed by atoms with E-state index in [2.05, 4.69) is 44.2 Å². The van der Waals surface area contributed by atoms with E-state index in [0.29, 0.717) is 0 Å². The van der Waals surface area contributed by atoms with Crippen LogP contribution in [0, 0.1) is 13.8 Å². The maximum atomic E-state index is 6.44. The van der Waals surface area contributed by atoms with Gasteiger partial charge in [0, 0.05) is 9.75 Å². The minimum Gasteiger partial charge on any atom is -0.144 e. The van der Waals surface area contributed by atoms with Crippen LogP contribution < -0.4 is 0 Å². The van der Waals surface area contributed by atoms with Crippen molar-refractivity contribution in [2.75, 3.05) is 0 Å². The molecule has 0 nitrogen and oxygen atoms in total. The summed E-state index contributed by atoms with van der Waals surface area (Å²) in [7, 11) is 0. The highest BCUT2D eigenvalue weighted by molar-refractivity contribution is 7.12. The van der Waals surface area contributed by atoms with Crippen molar-refractivity contribution < 1.29 is 0 Å². The Bertz CT molecular complexity index is 439. The van der Waals surface area contributed by atoms with Crippen LogP contribution in [0.1, 0.15) is 26.3 Å². The molecule has 1 aromatic carbocycles. The van der Waals surface area contributed by atoms with E-state index in [1.807, 2.05) is 17.4 Å². The third-order valence-electron chi connectivity index (χ3n) is 2.75. The van der Waals surface area contributed by atoms with E-state index in [1.165, 1.54) is 20.9 Å². The summed E-state index contributed by atoms with van der Waals surface area (Å²) in [6.45, 7) is 4.29. The van der Waals surface area contributed by atoms with Crippen LogP contribution in [0.15, 0.2) is 36.4 Å². The first-order valence-electron chi connectivity index (χ1n) is 5.41. The molecule has 0 saturated heterocycles. The van der Waals surface area contributed by atoms with Crippen LogP contribution in [-0.4, -0.2) is 0 Å². The zero-order valence-corrected chi connectivity index (χ0v) is 11.1. The molecule has 0 aliphatic rings. The molecule has 1 heterocycles. The van der Waals surface area contributed by atoms with Crippen molar-refractivity contribution in [1.29, 1.82) is 0 Å². The molecule has 16 heavy (non-hydrogen) atoms. The lowest BCUT2D eigenvalue weighted by atomic mass is 10.1. The van der Waals surface area contributed by atoms with Gasteiger partial charge in [0.15, 0.2) is 0 Å². The normalized spacial score (nSPS) is 12.7. The SMILES string of the molecule is Cc1cc(C(Cl)Cc2ccccc2)sc1C. The zero-order chi connectivity index (χ0) is 11.5. The first-order chi connectivity index (χ1) is 7.66. The average molecular weight is 251 g/mol. The number of halogens is 1. The second-order valence-corrected chi connectivity index (χ2v) is 5.86. The lowest BCUT2D eigenvalue weighted by Gasteiger charge is -2.06. The monoisotopic (exact) mass is 250 g/mol. The lowest BCUT2D eigenvalue weighted by Crippen LogP contribution is -1.92. The molecule has 0 amide bonds. The molecule has 1 atom stereocenters. The molecule has 0 radical (unpaired) electrons. The molecule has 0 bridgehead atoms. The van der Waals surface area contributed by atoms with E-state index in [1.54, 1.807) is 0 Å². The van der Waals surface area contributed by atoms with Crippen molar-refractivity contribution in [2.45, 2.75) is 25.6 Å². The number of hydrogen-bond donors (Lipinski definition) is 0. The number of rotatable bonds is 3. The summed E-state index contributed by atoms with van der Waals surface area (Å²) in [4.78, 5) is 2.65. The number of aryl methyl sites for hydroxylation is 2. The van der Waals surface area contributed by atoms with Gasteiger partial charge in [0.25, 0.3) is 0 Å². The van der Waals surface area contributed by atoms with Gasteiger partial charge in [-0.2, -0.15) is 0 Å². The standard InChI is InChI=1S/C14H15ClS/c1-10-8-14(16-11(10)2)13(15)9-12-6-4-3-5-7-12/h3-8,13H,9H2,1-2H3. The third-order valence-corrected chi connectivity index (χ3v) is 4.54. The number of benzene rings is 1. The summed E-state index contributed by atoms with van der Waals surface area (Å²) in [6.07, 6.45) is 0.905. The highest BCUT2D eigenvalue weighted by Crippen LogP contribution is 2.32. The quantitative estimate of drug-likeness (QED) is 0.681. The molecular weight excluding hydrogens is 236 g/mol. The predicted molar refractivity (Wildman–Crippen MR) is 72.5 cm³/mol. The first kappa shape index (κ1) is 11.7. The molecule has 84 valence electrons. The van der Waals surface area contributed by atoms with Crippen molar-refractivity contribution in [3.8, 4) is 0 Å². The number of thiophene rings is 1. The summed E-state index contributed by atoms with van der Waals surface area (Å²) >= 11 is 8.25. The van der Waals surface area contributed by atoms with Gasteiger partial charge in [-0.3, -0.25) is 0 Å². The van der Waals surface area contributed by atoms with Crippen LogP contribution >= 0.6 is 22.9 Å². The second-order valence-electron chi connectivity index (χ2n) is 4.05. The molecule has 0 spiro atoms. The van der Waals surface area contributed by atoms with Gasteiger partial charge in [0.2, 0.25) is 0 Å². The second kappa shape index (κ2) is 5.03. The van der Waals surface area contributed by atoms with Crippen LogP contribution in [0.25, 0.3) is 0 Å². The minimum absolute atomic E-state index is 0.0970. The highest BCUT2D eigenvalue weighted by Gasteiger charge is 2.12. The van der Waals surface area contributed by atoms with Crippen LogP contribution in [0.3, 0.4) is 0 Å². The van der Waals surface area contributed by atoms with E-state index in [0.717, 1.165) is 6.42 Å². The Kier molecular flexibility index (Phi) is 3.67. The van der Waals surface area contributed by atoms with E-state index in [9.17, 15) is 0 Å². The van der Waals surface area contributed by atoms with Gasteiger partial charge >= 0.3 is 0 Å². The van der Waals surface area contributed by atoms with Crippen LogP contribution in [0.5, 0.6) is 0 Å². The summed E-state index contributed by atoms with van der Waals surface area (Å²) in [5.41, 5.74) is 2.64. The smallest absolute Gasteiger partial charge is 0.0719 e. The Balaban J connectivity index is 2.11. The highest BCUT2D eigenvalue weighted by atomic mass is 35.5. The fraction of sp³-hybridized carbons (Fsp3) is 0.286. The van der Waals surface area contributed by atoms with Gasteiger partial charge in [-0.05, 0) is 37.5 Å². The molecular formula is C14H15ClS. The van der Waals surface area contributed by atoms with Crippen LogP contribution in [-0.2, 0) is 6.42 Å². The maximum Gasteiger partial charge on any atom is 0.0719 e. The Hall–Kier alpha value is -0.790. The fourth-order valence-electron chi connectivity index (χ4n) is 1.68. The molecule has 0 N–H and O–H groups in total. The minimum atomic E-state index is 0.0970. The zero-order valence-electron chi connectivity index (χ0n) is 9.53. The molecule has 0 fully saturated rings. The molecule has 1 aromatic heterocycles. The summed E-state index contributed by atoms with van der Waals surface area (Å²) in [5.74, 6) is 0. The molecule has 1 unspecified atom stereocenters. The Morgan fingerprint density at radius 1 is 1.19 bits per heavy atom. The summed E-state index contributed by atoms with van der Waals surface area (Å²) < 4.78 is 0. The number of hydrogen-bond acceptors (Lipinski definition) is 1. The molecule has 2 heteroatoms. The fourth-order valence-corrected chi connectivity index (χ4v) is 3.07. The van der Waals surface area contributed by atoms with Gasteiger partial charge in [-0.1, -0.05) is 30.3 Å². The van der Waals surface area contributed by atoms with Crippen molar-refractivity contribution in [2.24, 2.45) is 0 Å². The predicted octanol–water partition coefficient (Wildman–Crippen LogP) is 4.89. The third kappa shape index (κ3) is 2.66. The Morgan fingerprint density at radius 2 is 1.88 bits per heavy atom. The van der Waals surface area contributed by atoms with Crippen molar-refractivity contribution in [3.63, 3.8) is 0 Å². The van der Waals surface area contributed by atoms with Crippen molar-refractivity contribution in [1.82, 2.24) is 0 Å². The van der Waals surface area contributed by atoms with Crippen LogP contribution in [0.2, 0.25) is 0 Å². The first-order valence-corrected chi connectivity index (χ1v) is 6.67. The summed E-state index contributed by atoms with van der Waals surface area (Å²) in [5, 5.41) is 0.0970. The largest absolute Gasteiger partial charge is 0.144 e. The van der Waals surface area contributed by atoms with Crippen molar-refractivity contribution >= 4 is 22.9 Å². The Morgan fingerprint density at radius 3 is 2.44 bits per heavy atom. The maximum absolute atomic E-state index is 6.44. The van der Waals surface area contributed by atoms with Gasteiger partial charge in [-0.25, -0.2) is 0 Å². The topological polar surface area (TPSA) is 0 Å². The van der Waals surface area contributed by atoms with Crippen LogP contribution in [0.4, 0.5) is 0 Å². The van der Waals surface area contributed by atoms with E-state index < -0.39 is 0 Å². The molecule has 0 saturated carbocycles. The summed E-state index contributed by atoms with van der Waals surface area (Å²) in [6, 6.07) is 12.6. The van der Waals surface area contributed by atoms with Gasteiger partial charge in [-0.15, -0.1) is 22.9 Å². The number of alkyl halides is 1. The van der Waals surface area contributed by atoms with Crippen molar-refractivity contribution in [3.05, 3.63) is 57.3 Å². The van der Waals surface area contributed by atoms with E-state index >= 15 is 0 Å². The molecule has 0 aliphatic carbocycles. The van der Waals surface area contributed by atoms with E-state index in [-0.39, 0.29) is 5.38 Å². The molecule has 2 rings (SSSR count).